The van der Waals surface area contributed by atoms with Crippen molar-refractivity contribution in [3.05, 3.63) is 99.9 Å². The van der Waals surface area contributed by atoms with Gasteiger partial charge >= 0.3 is 0 Å². The van der Waals surface area contributed by atoms with E-state index in [4.69, 9.17) is 13.9 Å². The summed E-state index contributed by atoms with van der Waals surface area (Å²) >= 11 is 0. The molecule has 0 saturated carbocycles. The molecule has 1 amide bonds. The number of hydrogen-bond acceptors (Lipinski definition) is 5. The van der Waals surface area contributed by atoms with E-state index in [1.807, 2.05) is 42.5 Å². The lowest BCUT2D eigenvalue weighted by molar-refractivity contribution is 0.0971. The molecule has 1 aliphatic heterocycles. The Morgan fingerprint density at radius 3 is 2.47 bits per heavy atom. The monoisotopic (exact) mass is 483 g/mol. The van der Waals surface area contributed by atoms with E-state index in [-0.39, 0.29) is 17.1 Å². The fourth-order valence-corrected chi connectivity index (χ4v) is 4.73. The molecule has 0 bridgehead atoms. The minimum atomic E-state index is -0.640. The summed E-state index contributed by atoms with van der Waals surface area (Å²) in [5.74, 6) is 1.09. The predicted molar refractivity (Wildman–Crippen MR) is 140 cm³/mol. The molecule has 5 rings (SSSR count). The Labute approximate surface area is 210 Å². The number of carbonyl (C=O) groups is 1. The summed E-state index contributed by atoms with van der Waals surface area (Å²) in [6.07, 6.45) is 4.55. The third-order valence-corrected chi connectivity index (χ3v) is 6.57. The third-order valence-electron chi connectivity index (χ3n) is 6.57. The first kappa shape index (κ1) is 23.7. The summed E-state index contributed by atoms with van der Waals surface area (Å²) in [6.45, 7) is 2.85. The van der Waals surface area contributed by atoms with Crippen molar-refractivity contribution in [2.45, 2.75) is 38.6 Å². The van der Waals surface area contributed by atoms with Crippen molar-refractivity contribution in [1.82, 2.24) is 0 Å². The summed E-state index contributed by atoms with van der Waals surface area (Å²) < 4.78 is 17.3. The van der Waals surface area contributed by atoms with Crippen LogP contribution in [0, 0.1) is 0 Å². The first-order valence-electron chi connectivity index (χ1n) is 12.4. The molecular formula is C30H29NO5. The first-order chi connectivity index (χ1) is 17.6. The molecule has 6 nitrogen and oxygen atoms in total. The molecule has 36 heavy (non-hydrogen) atoms. The molecule has 1 aromatic heterocycles. The number of unbranched alkanes of at least 4 members (excludes halogenated alkanes) is 3. The number of ether oxygens (including phenoxy) is 2. The first-order valence-corrected chi connectivity index (χ1v) is 12.4. The summed E-state index contributed by atoms with van der Waals surface area (Å²) in [5, 5.41) is 0.452. The summed E-state index contributed by atoms with van der Waals surface area (Å²) in [5.41, 5.74) is 1.95. The van der Waals surface area contributed by atoms with Gasteiger partial charge in [0, 0.05) is 11.8 Å². The van der Waals surface area contributed by atoms with Crippen LogP contribution in [0.3, 0.4) is 0 Å². The zero-order valence-electron chi connectivity index (χ0n) is 20.5. The summed E-state index contributed by atoms with van der Waals surface area (Å²) in [6, 6.07) is 21.2. The highest BCUT2D eigenvalue weighted by Gasteiger charge is 2.43. The second-order valence-corrected chi connectivity index (χ2v) is 8.93. The molecule has 0 N–H and O–H groups in total. The molecule has 0 radical (unpaired) electrons. The minimum Gasteiger partial charge on any atom is -0.497 e. The van der Waals surface area contributed by atoms with E-state index in [9.17, 15) is 9.59 Å². The smallest absolute Gasteiger partial charge is 0.295 e. The zero-order chi connectivity index (χ0) is 25.1. The second kappa shape index (κ2) is 10.3. The van der Waals surface area contributed by atoms with E-state index in [1.165, 1.54) is 12.8 Å². The lowest BCUT2D eigenvalue weighted by atomic mass is 9.98. The van der Waals surface area contributed by atoms with E-state index in [2.05, 4.69) is 6.92 Å². The van der Waals surface area contributed by atoms with Crippen LogP contribution < -0.4 is 19.8 Å². The van der Waals surface area contributed by atoms with Gasteiger partial charge in [0.2, 0.25) is 5.76 Å². The normalized spacial score (nSPS) is 14.8. The maximum absolute atomic E-state index is 13.7. The van der Waals surface area contributed by atoms with Crippen LogP contribution in [0.5, 0.6) is 11.5 Å². The van der Waals surface area contributed by atoms with Crippen LogP contribution in [0.4, 0.5) is 5.69 Å². The molecule has 0 saturated heterocycles. The van der Waals surface area contributed by atoms with E-state index in [0.717, 1.165) is 24.2 Å². The molecule has 4 aromatic rings. The molecule has 1 aliphatic rings. The fourth-order valence-electron chi connectivity index (χ4n) is 4.73. The Balaban J connectivity index is 1.57. The van der Waals surface area contributed by atoms with Crippen LogP contribution in [0.2, 0.25) is 0 Å². The SMILES string of the molecule is CCCCCCOc1ccc(C2c3c(oc4ccccc4c3=O)C(=O)N2c2cccc(OC)c2)cc1. The van der Waals surface area contributed by atoms with Crippen molar-refractivity contribution in [1.29, 1.82) is 0 Å². The van der Waals surface area contributed by atoms with Gasteiger partial charge in [-0.3, -0.25) is 14.5 Å². The van der Waals surface area contributed by atoms with E-state index >= 15 is 0 Å². The summed E-state index contributed by atoms with van der Waals surface area (Å²) in [4.78, 5) is 29.0. The summed E-state index contributed by atoms with van der Waals surface area (Å²) in [7, 11) is 1.58. The Morgan fingerprint density at radius 2 is 1.69 bits per heavy atom. The largest absolute Gasteiger partial charge is 0.497 e. The molecule has 1 atom stereocenters. The van der Waals surface area contributed by atoms with Gasteiger partial charge in [0.25, 0.3) is 5.91 Å². The van der Waals surface area contributed by atoms with Crippen molar-refractivity contribution in [3.63, 3.8) is 0 Å². The molecule has 1 unspecified atom stereocenters. The number of carbonyl (C=O) groups excluding carboxylic acids is 1. The maximum Gasteiger partial charge on any atom is 0.295 e. The van der Waals surface area contributed by atoms with Gasteiger partial charge < -0.3 is 13.9 Å². The van der Waals surface area contributed by atoms with Crippen LogP contribution in [-0.4, -0.2) is 19.6 Å². The molecule has 0 spiro atoms. The van der Waals surface area contributed by atoms with Crippen molar-refractivity contribution < 1.29 is 18.7 Å². The zero-order valence-corrected chi connectivity index (χ0v) is 20.5. The molecule has 3 aromatic carbocycles. The number of para-hydroxylation sites is 1. The highest BCUT2D eigenvalue weighted by molar-refractivity contribution is 6.10. The lowest BCUT2D eigenvalue weighted by Gasteiger charge is -2.25. The molecule has 2 heterocycles. The van der Waals surface area contributed by atoms with Crippen molar-refractivity contribution in [2.24, 2.45) is 0 Å². The molecular weight excluding hydrogens is 454 g/mol. The average molecular weight is 484 g/mol. The number of benzene rings is 3. The van der Waals surface area contributed by atoms with Gasteiger partial charge in [-0.1, -0.05) is 56.5 Å². The molecule has 0 fully saturated rings. The molecule has 6 heteroatoms. The molecule has 184 valence electrons. The van der Waals surface area contributed by atoms with Gasteiger partial charge in [-0.25, -0.2) is 0 Å². The highest BCUT2D eigenvalue weighted by atomic mass is 16.5. The van der Waals surface area contributed by atoms with E-state index < -0.39 is 6.04 Å². The van der Waals surface area contributed by atoms with Gasteiger partial charge in [-0.15, -0.1) is 0 Å². The van der Waals surface area contributed by atoms with E-state index in [1.54, 1.807) is 42.3 Å². The van der Waals surface area contributed by atoms with Gasteiger partial charge in [-0.05, 0) is 48.4 Å². The second-order valence-electron chi connectivity index (χ2n) is 8.93. The number of fused-ring (bicyclic) bond motifs is 2. The van der Waals surface area contributed by atoms with Crippen LogP contribution in [-0.2, 0) is 0 Å². The topological polar surface area (TPSA) is 69.0 Å². The number of hydrogen-bond donors (Lipinski definition) is 0. The average Bonchev–Trinajstić information content (AvgIpc) is 3.21. The number of anilines is 1. The number of amides is 1. The van der Waals surface area contributed by atoms with Crippen molar-refractivity contribution in [3.8, 4) is 11.5 Å². The van der Waals surface area contributed by atoms with Gasteiger partial charge in [0.15, 0.2) is 5.43 Å². The Kier molecular flexibility index (Phi) is 6.76. The van der Waals surface area contributed by atoms with Gasteiger partial charge in [-0.2, -0.15) is 0 Å². The number of rotatable bonds is 9. The van der Waals surface area contributed by atoms with Crippen molar-refractivity contribution >= 4 is 22.6 Å². The quantitative estimate of drug-likeness (QED) is 0.254. The van der Waals surface area contributed by atoms with Gasteiger partial charge in [0.05, 0.1) is 30.7 Å². The van der Waals surface area contributed by atoms with Crippen molar-refractivity contribution in [2.75, 3.05) is 18.6 Å². The van der Waals surface area contributed by atoms with Gasteiger partial charge in [0.1, 0.15) is 17.1 Å². The van der Waals surface area contributed by atoms with Crippen LogP contribution in [0.1, 0.15) is 60.3 Å². The van der Waals surface area contributed by atoms with Crippen LogP contribution >= 0.6 is 0 Å². The van der Waals surface area contributed by atoms with E-state index in [0.29, 0.717) is 34.6 Å². The maximum atomic E-state index is 13.7. The fraction of sp³-hybridized carbons (Fsp3) is 0.267. The number of nitrogens with zero attached hydrogens (tertiary/aromatic N) is 1. The predicted octanol–water partition coefficient (Wildman–Crippen LogP) is 6.51. The Bertz CT molecular complexity index is 1440. The molecule has 0 aliphatic carbocycles. The minimum absolute atomic E-state index is 0.0720. The number of methoxy groups -OCH3 is 1. The van der Waals surface area contributed by atoms with Crippen LogP contribution in [0.15, 0.2) is 82.0 Å². The Morgan fingerprint density at radius 1 is 0.889 bits per heavy atom. The van der Waals surface area contributed by atoms with Crippen LogP contribution in [0.25, 0.3) is 11.0 Å². The highest BCUT2D eigenvalue weighted by Crippen LogP contribution is 2.42. The lowest BCUT2D eigenvalue weighted by Crippen LogP contribution is -2.29. The Hall–Kier alpha value is -4.06. The standard InChI is InChI=1S/C30H29NO5/c1-3-4-5-8-18-35-22-16-14-20(15-17-22)27-26-28(32)24-12-6-7-13-25(24)36-29(26)30(33)31(27)21-10-9-11-23(19-21)34-2/h6-7,9-17,19,27H,3-5,8,18H2,1-2H3. The third kappa shape index (κ3) is 4.35.